The molecule has 0 heterocycles. The van der Waals surface area contributed by atoms with Crippen molar-refractivity contribution in [1.82, 2.24) is 5.32 Å². The second-order valence-corrected chi connectivity index (χ2v) is 6.82. The highest BCUT2D eigenvalue weighted by Crippen LogP contribution is 2.29. The van der Waals surface area contributed by atoms with Crippen molar-refractivity contribution in [2.24, 2.45) is 5.92 Å². The minimum atomic E-state index is -1.06. The standard InChI is InChI=1S/C23H27NO5/c1-4-28-20-14-17(11-13-21(25)24-22(16(2)3)23(26)27)10-12-19(20)29-15-18-8-6-5-7-9-18/h5-14,16,22H,4,15H2,1-3H3,(H,24,25)(H,26,27)/b13-11+/t22-/m1/s1. The normalized spacial score (nSPS) is 12.0. The maximum atomic E-state index is 12.1. The highest BCUT2D eigenvalue weighted by Gasteiger charge is 2.22. The Hall–Kier alpha value is -3.28. The van der Waals surface area contributed by atoms with Crippen LogP contribution in [-0.4, -0.2) is 29.6 Å². The van der Waals surface area contributed by atoms with Gasteiger partial charge < -0.3 is 19.9 Å². The van der Waals surface area contributed by atoms with Gasteiger partial charge in [-0.25, -0.2) is 4.79 Å². The summed E-state index contributed by atoms with van der Waals surface area (Å²) in [5.41, 5.74) is 1.79. The van der Waals surface area contributed by atoms with Crippen LogP contribution in [0.5, 0.6) is 11.5 Å². The first-order chi connectivity index (χ1) is 13.9. The Kier molecular flexibility index (Phi) is 8.27. The largest absolute Gasteiger partial charge is 0.490 e. The molecule has 6 nitrogen and oxygen atoms in total. The van der Waals surface area contributed by atoms with Crippen LogP contribution in [0.15, 0.2) is 54.6 Å². The van der Waals surface area contributed by atoms with Gasteiger partial charge in [-0.3, -0.25) is 4.79 Å². The Bertz CT molecular complexity index is 846. The number of carboxylic acids is 1. The lowest BCUT2D eigenvalue weighted by molar-refractivity contribution is -0.142. The number of aliphatic carboxylic acids is 1. The molecule has 0 aromatic heterocycles. The summed E-state index contributed by atoms with van der Waals surface area (Å²) in [7, 11) is 0. The third kappa shape index (κ3) is 6.99. The molecule has 0 bridgehead atoms. The summed E-state index contributed by atoms with van der Waals surface area (Å²) in [6.45, 7) is 6.26. The highest BCUT2D eigenvalue weighted by molar-refractivity contribution is 5.94. The van der Waals surface area contributed by atoms with Gasteiger partial charge in [0.1, 0.15) is 12.6 Å². The minimum Gasteiger partial charge on any atom is -0.490 e. The molecule has 2 N–H and O–H groups in total. The van der Waals surface area contributed by atoms with E-state index in [1.165, 1.54) is 6.08 Å². The molecule has 0 aliphatic heterocycles. The van der Waals surface area contributed by atoms with Crippen LogP contribution in [0, 0.1) is 5.92 Å². The average Bonchev–Trinajstić information content (AvgIpc) is 2.70. The zero-order valence-electron chi connectivity index (χ0n) is 16.9. The summed E-state index contributed by atoms with van der Waals surface area (Å²) < 4.78 is 11.5. The Morgan fingerprint density at radius 2 is 1.79 bits per heavy atom. The summed E-state index contributed by atoms with van der Waals surface area (Å²) in [5, 5.41) is 11.7. The number of nitrogens with one attached hydrogen (secondary N) is 1. The van der Waals surface area contributed by atoms with Gasteiger partial charge in [0, 0.05) is 6.08 Å². The fourth-order valence-corrected chi connectivity index (χ4v) is 2.64. The third-order valence-electron chi connectivity index (χ3n) is 4.16. The molecule has 154 valence electrons. The van der Waals surface area contributed by atoms with Crippen molar-refractivity contribution in [1.29, 1.82) is 0 Å². The van der Waals surface area contributed by atoms with Crippen LogP contribution in [0.2, 0.25) is 0 Å². The number of hydrogen-bond donors (Lipinski definition) is 2. The van der Waals surface area contributed by atoms with Gasteiger partial charge in [-0.1, -0.05) is 50.2 Å². The van der Waals surface area contributed by atoms with E-state index in [0.29, 0.717) is 24.7 Å². The molecular weight excluding hydrogens is 370 g/mol. The van der Waals surface area contributed by atoms with Gasteiger partial charge in [-0.15, -0.1) is 0 Å². The quantitative estimate of drug-likeness (QED) is 0.594. The first kappa shape index (κ1) is 22.0. The van der Waals surface area contributed by atoms with Crippen LogP contribution in [0.4, 0.5) is 0 Å². The van der Waals surface area contributed by atoms with Crippen LogP contribution in [0.25, 0.3) is 6.08 Å². The van der Waals surface area contributed by atoms with Crippen LogP contribution in [0.3, 0.4) is 0 Å². The van der Waals surface area contributed by atoms with E-state index in [1.807, 2.05) is 43.3 Å². The van der Waals surface area contributed by atoms with E-state index in [9.17, 15) is 9.59 Å². The summed E-state index contributed by atoms with van der Waals surface area (Å²) in [6.07, 6.45) is 2.92. The topological polar surface area (TPSA) is 84.9 Å². The molecule has 1 amide bonds. The molecule has 0 fully saturated rings. The van der Waals surface area contributed by atoms with Crippen molar-refractivity contribution >= 4 is 18.0 Å². The maximum absolute atomic E-state index is 12.1. The molecule has 0 radical (unpaired) electrons. The molecule has 0 unspecified atom stereocenters. The van der Waals surface area contributed by atoms with Crippen LogP contribution < -0.4 is 14.8 Å². The van der Waals surface area contributed by atoms with Gasteiger partial charge >= 0.3 is 5.97 Å². The molecule has 0 spiro atoms. The molecular formula is C23H27NO5. The van der Waals surface area contributed by atoms with Gasteiger partial charge in [0.05, 0.1) is 6.61 Å². The lowest BCUT2D eigenvalue weighted by atomic mass is 10.0. The SMILES string of the molecule is CCOc1cc(/C=C/C(=O)N[C@@H](C(=O)O)C(C)C)ccc1OCc1ccccc1. The van der Waals surface area contributed by atoms with Crippen molar-refractivity contribution in [2.45, 2.75) is 33.4 Å². The van der Waals surface area contributed by atoms with E-state index in [1.54, 1.807) is 32.1 Å². The molecule has 0 aliphatic carbocycles. The Labute approximate surface area is 171 Å². The molecule has 1 atom stereocenters. The first-order valence-corrected chi connectivity index (χ1v) is 9.55. The summed E-state index contributed by atoms with van der Waals surface area (Å²) in [4.78, 5) is 23.3. The summed E-state index contributed by atoms with van der Waals surface area (Å²) >= 11 is 0. The molecule has 2 aromatic carbocycles. The van der Waals surface area contributed by atoms with Crippen molar-refractivity contribution in [3.8, 4) is 11.5 Å². The van der Waals surface area contributed by atoms with Crippen LogP contribution >= 0.6 is 0 Å². The Balaban J connectivity index is 2.07. The zero-order valence-corrected chi connectivity index (χ0v) is 16.9. The van der Waals surface area contributed by atoms with E-state index in [-0.39, 0.29) is 5.92 Å². The van der Waals surface area contributed by atoms with E-state index in [4.69, 9.17) is 14.6 Å². The predicted octanol–water partition coefficient (Wildman–Crippen LogP) is 3.90. The number of hydrogen-bond acceptors (Lipinski definition) is 4. The van der Waals surface area contributed by atoms with Gasteiger partial charge in [-0.2, -0.15) is 0 Å². The van der Waals surface area contributed by atoms with Crippen molar-refractivity contribution in [2.75, 3.05) is 6.61 Å². The fraction of sp³-hybridized carbons (Fsp3) is 0.304. The van der Waals surface area contributed by atoms with Crippen molar-refractivity contribution in [3.05, 3.63) is 65.7 Å². The monoisotopic (exact) mass is 397 g/mol. The van der Waals surface area contributed by atoms with Crippen LogP contribution in [0.1, 0.15) is 31.9 Å². The van der Waals surface area contributed by atoms with Crippen molar-refractivity contribution in [3.63, 3.8) is 0 Å². The molecule has 6 heteroatoms. The molecule has 2 rings (SSSR count). The number of ether oxygens (including phenoxy) is 2. The van der Waals surface area contributed by atoms with Crippen molar-refractivity contribution < 1.29 is 24.2 Å². The van der Waals surface area contributed by atoms with E-state index in [2.05, 4.69) is 5.32 Å². The van der Waals surface area contributed by atoms with Crippen LogP contribution in [-0.2, 0) is 16.2 Å². The lowest BCUT2D eigenvalue weighted by Crippen LogP contribution is -2.43. The minimum absolute atomic E-state index is 0.213. The Morgan fingerprint density at radius 3 is 2.41 bits per heavy atom. The lowest BCUT2D eigenvalue weighted by Gasteiger charge is -2.16. The molecule has 2 aromatic rings. The Morgan fingerprint density at radius 1 is 1.07 bits per heavy atom. The number of benzene rings is 2. The number of carbonyl (C=O) groups excluding carboxylic acids is 1. The second-order valence-electron chi connectivity index (χ2n) is 6.82. The molecule has 0 saturated heterocycles. The predicted molar refractivity (Wildman–Crippen MR) is 112 cm³/mol. The number of amides is 1. The van der Waals surface area contributed by atoms with Gasteiger partial charge in [-0.05, 0) is 42.2 Å². The van der Waals surface area contributed by atoms with Gasteiger partial charge in [0.15, 0.2) is 11.5 Å². The maximum Gasteiger partial charge on any atom is 0.326 e. The average molecular weight is 397 g/mol. The smallest absolute Gasteiger partial charge is 0.326 e. The molecule has 29 heavy (non-hydrogen) atoms. The fourth-order valence-electron chi connectivity index (χ4n) is 2.64. The zero-order chi connectivity index (χ0) is 21.2. The summed E-state index contributed by atoms with van der Waals surface area (Å²) in [6, 6.07) is 14.3. The van der Waals surface area contributed by atoms with Gasteiger partial charge in [0.2, 0.25) is 5.91 Å². The van der Waals surface area contributed by atoms with Gasteiger partial charge in [0.25, 0.3) is 0 Å². The number of carboxylic acid groups (broad SMARTS) is 1. The second kappa shape index (κ2) is 10.9. The molecule has 0 saturated carbocycles. The van der Waals surface area contributed by atoms with E-state index < -0.39 is 17.9 Å². The van der Waals surface area contributed by atoms with E-state index in [0.717, 1.165) is 11.1 Å². The summed E-state index contributed by atoms with van der Waals surface area (Å²) in [5.74, 6) is -0.538. The third-order valence-corrected chi connectivity index (χ3v) is 4.16. The van der Waals surface area contributed by atoms with E-state index >= 15 is 0 Å². The number of rotatable bonds is 10. The number of carbonyl (C=O) groups is 2. The first-order valence-electron chi connectivity index (χ1n) is 9.55. The molecule has 0 aliphatic rings. The highest BCUT2D eigenvalue weighted by atomic mass is 16.5.